The normalized spacial score (nSPS) is 15.8. The second kappa shape index (κ2) is 15.2. The standard InChI is InChI=1S/C37H44FN7O5S/c1-22(2)32(43-36(48)50-37(3,4)5)34(46)45-16-14-44(15-17-45)21-23-6-10-27(40-20-23)31-19-28-33(51-31)30(12-13-39-28)49-29-11-9-25(18-26(29)38)42-35(47)41-24-7-8-24/h6,9-13,18-20,22,24,32H,7-8,14-17,21H2,1-5H3,(H,43,48)(H2,41,42,47). The van der Waals surface area contributed by atoms with Crippen LogP contribution in [0, 0.1) is 11.7 Å². The van der Waals surface area contributed by atoms with Crippen LogP contribution in [0.25, 0.3) is 20.8 Å². The van der Waals surface area contributed by atoms with Gasteiger partial charge in [0, 0.05) is 69.0 Å². The van der Waals surface area contributed by atoms with Crippen molar-refractivity contribution in [2.75, 3.05) is 31.5 Å². The van der Waals surface area contributed by atoms with Gasteiger partial charge in [-0.05, 0) is 69.4 Å². The molecule has 1 aromatic carbocycles. The highest BCUT2D eigenvalue weighted by atomic mass is 32.1. The summed E-state index contributed by atoms with van der Waals surface area (Å²) >= 11 is 1.46. The Morgan fingerprint density at radius 2 is 1.76 bits per heavy atom. The fourth-order valence-electron chi connectivity index (χ4n) is 5.67. The molecular weight excluding hydrogens is 674 g/mol. The van der Waals surface area contributed by atoms with E-state index in [1.807, 2.05) is 43.1 Å². The second-order valence-electron chi connectivity index (χ2n) is 14.3. The molecule has 4 heterocycles. The zero-order valence-corrected chi connectivity index (χ0v) is 30.3. The van der Waals surface area contributed by atoms with Gasteiger partial charge in [0.15, 0.2) is 11.6 Å². The van der Waals surface area contributed by atoms with Gasteiger partial charge < -0.3 is 30.3 Å². The highest BCUT2D eigenvalue weighted by molar-refractivity contribution is 7.22. The van der Waals surface area contributed by atoms with E-state index in [1.165, 1.54) is 23.5 Å². The number of alkyl carbamates (subject to hydrolysis) is 1. The van der Waals surface area contributed by atoms with Gasteiger partial charge >= 0.3 is 12.1 Å². The maximum atomic E-state index is 15.0. The van der Waals surface area contributed by atoms with E-state index < -0.39 is 23.6 Å². The maximum absolute atomic E-state index is 15.0. The maximum Gasteiger partial charge on any atom is 0.408 e. The Bertz CT molecular complexity index is 1880. The van der Waals surface area contributed by atoms with Crippen LogP contribution in [0.2, 0.25) is 0 Å². The number of hydrogen-bond acceptors (Lipinski definition) is 9. The third-order valence-corrected chi connectivity index (χ3v) is 9.63. The van der Waals surface area contributed by atoms with Crippen molar-refractivity contribution in [2.45, 2.75) is 71.7 Å². The number of nitrogens with one attached hydrogen (secondary N) is 3. The molecule has 6 rings (SSSR count). The minimum Gasteiger partial charge on any atom is -0.453 e. The molecule has 0 spiro atoms. The number of aromatic nitrogens is 2. The van der Waals surface area contributed by atoms with E-state index in [4.69, 9.17) is 14.5 Å². The Morgan fingerprint density at radius 3 is 2.41 bits per heavy atom. The Labute approximate surface area is 300 Å². The molecular formula is C37H44FN7O5S. The average molecular weight is 718 g/mol. The number of urea groups is 1. The largest absolute Gasteiger partial charge is 0.453 e. The number of ether oxygens (including phenoxy) is 2. The van der Waals surface area contributed by atoms with Gasteiger partial charge in [0.1, 0.15) is 17.4 Å². The first-order valence-corrected chi connectivity index (χ1v) is 18.0. The van der Waals surface area contributed by atoms with Crippen molar-refractivity contribution in [3.05, 3.63) is 66.2 Å². The number of hydrogen-bond donors (Lipinski definition) is 3. The van der Waals surface area contributed by atoms with E-state index in [0.717, 1.165) is 33.7 Å². The minimum atomic E-state index is -0.655. The third kappa shape index (κ3) is 9.50. The average Bonchev–Trinajstić information content (AvgIpc) is 3.77. The Balaban J connectivity index is 1.04. The quantitative estimate of drug-likeness (QED) is 0.164. The summed E-state index contributed by atoms with van der Waals surface area (Å²) in [7, 11) is 0. The second-order valence-corrected chi connectivity index (χ2v) is 15.3. The van der Waals surface area contributed by atoms with Gasteiger partial charge in [0.25, 0.3) is 0 Å². The molecule has 1 atom stereocenters. The van der Waals surface area contributed by atoms with Crippen molar-refractivity contribution in [3.8, 4) is 22.1 Å². The lowest BCUT2D eigenvalue weighted by Crippen LogP contribution is -2.56. The first kappa shape index (κ1) is 36.0. The molecule has 51 heavy (non-hydrogen) atoms. The predicted molar refractivity (Wildman–Crippen MR) is 194 cm³/mol. The Kier molecular flexibility index (Phi) is 10.7. The molecule has 0 radical (unpaired) electrons. The third-order valence-electron chi connectivity index (χ3n) is 8.47. The van der Waals surface area contributed by atoms with Crippen molar-refractivity contribution in [3.63, 3.8) is 0 Å². The molecule has 1 unspecified atom stereocenters. The number of thiophene rings is 1. The molecule has 1 saturated heterocycles. The number of pyridine rings is 2. The summed E-state index contributed by atoms with van der Waals surface area (Å²) in [5.41, 5.74) is 2.24. The van der Waals surface area contributed by atoms with E-state index >= 15 is 0 Å². The Hall–Kier alpha value is -4.82. The molecule has 0 bridgehead atoms. The van der Waals surface area contributed by atoms with Crippen molar-refractivity contribution in [2.24, 2.45) is 5.92 Å². The lowest BCUT2D eigenvalue weighted by atomic mass is 10.0. The van der Waals surface area contributed by atoms with Gasteiger partial charge in [-0.3, -0.25) is 19.7 Å². The smallest absolute Gasteiger partial charge is 0.408 e. The Morgan fingerprint density at radius 1 is 1.00 bits per heavy atom. The van der Waals surface area contributed by atoms with Crippen LogP contribution in [0.1, 0.15) is 53.0 Å². The van der Waals surface area contributed by atoms with Gasteiger partial charge in [-0.15, -0.1) is 11.3 Å². The van der Waals surface area contributed by atoms with Crippen LogP contribution in [0.5, 0.6) is 11.5 Å². The number of nitrogens with zero attached hydrogens (tertiary/aromatic N) is 4. The number of amides is 4. The number of benzene rings is 1. The molecule has 1 saturated carbocycles. The molecule has 12 nitrogen and oxygen atoms in total. The first-order chi connectivity index (χ1) is 24.3. The fraction of sp³-hybridized carbons (Fsp3) is 0.432. The molecule has 1 aliphatic carbocycles. The SMILES string of the molecule is CC(C)C(NC(=O)OC(C)(C)C)C(=O)N1CCN(Cc2ccc(-c3cc4nccc(Oc5ccc(NC(=O)NC6CC6)cc5F)c4s3)nc2)CC1. The summed E-state index contributed by atoms with van der Waals surface area (Å²) in [5, 5.41) is 8.23. The highest BCUT2D eigenvalue weighted by Gasteiger charge is 2.32. The van der Waals surface area contributed by atoms with E-state index in [2.05, 4.69) is 25.8 Å². The van der Waals surface area contributed by atoms with Crippen molar-refractivity contribution < 1.29 is 28.2 Å². The zero-order chi connectivity index (χ0) is 36.3. The van der Waals surface area contributed by atoms with Crippen LogP contribution in [0.3, 0.4) is 0 Å². The molecule has 2 aliphatic rings. The van der Waals surface area contributed by atoms with Crippen LogP contribution in [-0.2, 0) is 16.1 Å². The van der Waals surface area contributed by atoms with Gasteiger partial charge in [-0.25, -0.2) is 14.0 Å². The van der Waals surface area contributed by atoms with Crippen molar-refractivity contribution >= 4 is 45.3 Å². The first-order valence-electron chi connectivity index (χ1n) is 17.2. The summed E-state index contributed by atoms with van der Waals surface area (Å²) < 4.78 is 27.1. The molecule has 4 amide bonds. The molecule has 3 aromatic heterocycles. The zero-order valence-electron chi connectivity index (χ0n) is 29.5. The lowest BCUT2D eigenvalue weighted by Gasteiger charge is -2.37. The number of carbonyl (C=O) groups is 3. The number of carbonyl (C=O) groups excluding carboxylic acids is 3. The van der Waals surface area contributed by atoms with E-state index in [1.54, 1.807) is 39.1 Å². The van der Waals surface area contributed by atoms with E-state index in [0.29, 0.717) is 49.7 Å². The molecule has 14 heteroatoms. The van der Waals surface area contributed by atoms with Crippen LogP contribution in [0.4, 0.5) is 19.7 Å². The molecule has 1 aliphatic heterocycles. The van der Waals surface area contributed by atoms with E-state index in [9.17, 15) is 18.8 Å². The summed E-state index contributed by atoms with van der Waals surface area (Å²) in [6, 6.07) is 11.2. The number of halogens is 1. The monoisotopic (exact) mass is 717 g/mol. The summed E-state index contributed by atoms with van der Waals surface area (Å²) in [5.74, 6) is -0.272. The highest BCUT2D eigenvalue weighted by Crippen LogP contribution is 2.39. The van der Waals surface area contributed by atoms with Crippen molar-refractivity contribution in [1.82, 2.24) is 30.4 Å². The van der Waals surface area contributed by atoms with Crippen LogP contribution in [-0.4, -0.2) is 81.7 Å². The van der Waals surface area contributed by atoms with Gasteiger partial charge in [-0.2, -0.15) is 0 Å². The van der Waals surface area contributed by atoms with Crippen LogP contribution in [0.15, 0.2) is 54.9 Å². The topological polar surface area (TPSA) is 138 Å². The molecule has 270 valence electrons. The molecule has 2 fully saturated rings. The van der Waals surface area contributed by atoms with E-state index in [-0.39, 0.29) is 29.6 Å². The van der Waals surface area contributed by atoms with Gasteiger partial charge in [0.05, 0.1) is 20.8 Å². The fourth-order valence-corrected chi connectivity index (χ4v) is 6.72. The summed E-state index contributed by atoms with van der Waals surface area (Å²) in [6.45, 7) is 12.4. The minimum absolute atomic E-state index is 0.0375. The lowest BCUT2D eigenvalue weighted by molar-refractivity contribution is -0.136. The van der Waals surface area contributed by atoms with Crippen molar-refractivity contribution in [1.29, 1.82) is 0 Å². The van der Waals surface area contributed by atoms with Crippen LogP contribution >= 0.6 is 11.3 Å². The number of fused-ring (bicyclic) bond motifs is 1. The number of piperazine rings is 1. The molecule has 4 aromatic rings. The summed E-state index contributed by atoms with van der Waals surface area (Å²) in [6.07, 6.45) is 4.81. The predicted octanol–water partition coefficient (Wildman–Crippen LogP) is 6.77. The molecule has 3 N–H and O–H groups in total. The summed E-state index contributed by atoms with van der Waals surface area (Å²) in [4.78, 5) is 51.9. The van der Waals surface area contributed by atoms with Gasteiger partial charge in [-0.1, -0.05) is 19.9 Å². The van der Waals surface area contributed by atoms with Crippen LogP contribution < -0.4 is 20.7 Å². The number of anilines is 1. The van der Waals surface area contributed by atoms with Gasteiger partial charge in [0.2, 0.25) is 5.91 Å². The number of rotatable bonds is 10.